The van der Waals surface area contributed by atoms with Gasteiger partial charge in [-0.1, -0.05) is 12.5 Å². The summed E-state index contributed by atoms with van der Waals surface area (Å²) in [5.41, 5.74) is 0.539. The van der Waals surface area contributed by atoms with E-state index in [0.29, 0.717) is 5.69 Å². The highest BCUT2D eigenvalue weighted by molar-refractivity contribution is 6.04. The van der Waals surface area contributed by atoms with Crippen molar-refractivity contribution in [3.63, 3.8) is 0 Å². The van der Waals surface area contributed by atoms with Crippen LogP contribution in [0.2, 0.25) is 0 Å². The molecule has 1 aliphatic rings. The molecule has 1 aliphatic carbocycles. The van der Waals surface area contributed by atoms with Crippen LogP contribution in [0.5, 0.6) is 5.75 Å². The Morgan fingerprint density at radius 3 is 2.49 bits per heavy atom. The van der Waals surface area contributed by atoms with Crippen molar-refractivity contribution in [3.8, 4) is 17.0 Å². The van der Waals surface area contributed by atoms with Gasteiger partial charge in [0.05, 0.1) is 17.0 Å². The first-order valence-corrected chi connectivity index (χ1v) is 11.3. The maximum atomic E-state index is 13.0. The highest BCUT2D eigenvalue weighted by atomic mass is 19.4. The van der Waals surface area contributed by atoms with E-state index < -0.39 is 17.6 Å². The molecule has 184 valence electrons. The zero-order chi connectivity index (χ0) is 25.3. The quantitative estimate of drug-likeness (QED) is 0.400. The second-order valence-corrected chi connectivity index (χ2v) is 8.86. The molecule has 0 atom stereocenters. The Hall–Kier alpha value is -3.82. The van der Waals surface area contributed by atoms with E-state index in [-0.39, 0.29) is 40.6 Å². The van der Waals surface area contributed by atoms with Crippen LogP contribution in [0.1, 0.15) is 60.6 Å². The Morgan fingerprint density at radius 2 is 1.86 bits per heavy atom. The molecule has 0 unspecified atom stereocenters. The van der Waals surface area contributed by atoms with Crippen LogP contribution in [-0.4, -0.2) is 32.9 Å². The fourth-order valence-electron chi connectivity index (χ4n) is 3.85. The minimum atomic E-state index is -4.57. The molecule has 0 bridgehead atoms. The summed E-state index contributed by atoms with van der Waals surface area (Å²) in [6, 6.07) is 9.65. The number of carbonyl (C=O) groups is 2. The number of nitrogens with zero attached hydrogens (tertiary/aromatic N) is 2. The topological polar surface area (TPSA) is 96.3 Å². The molecule has 2 amide bonds. The second-order valence-electron chi connectivity index (χ2n) is 8.86. The number of aromatic hydroxyl groups is 1. The molecule has 0 radical (unpaired) electrons. The first-order chi connectivity index (χ1) is 16.5. The Kier molecular flexibility index (Phi) is 6.56. The van der Waals surface area contributed by atoms with E-state index in [4.69, 9.17) is 0 Å². The van der Waals surface area contributed by atoms with Gasteiger partial charge in [0.15, 0.2) is 0 Å². The number of carbonyl (C=O) groups excluding carboxylic acids is 2. The van der Waals surface area contributed by atoms with Crippen LogP contribution in [-0.2, 0) is 6.18 Å². The molecule has 7 nitrogen and oxygen atoms in total. The van der Waals surface area contributed by atoms with Gasteiger partial charge in [-0.3, -0.25) is 4.79 Å². The Labute approximate surface area is 200 Å². The van der Waals surface area contributed by atoms with E-state index in [0.717, 1.165) is 43.2 Å². The molecule has 1 aromatic heterocycles. The highest BCUT2D eigenvalue weighted by Gasteiger charge is 2.31. The molecule has 0 saturated heterocycles. The fourth-order valence-corrected chi connectivity index (χ4v) is 3.85. The van der Waals surface area contributed by atoms with Gasteiger partial charge in [-0.15, -0.1) is 0 Å². The van der Waals surface area contributed by atoms with E-state index >= 15 is 0 Å². The minimum Gasteiger partial charge on any atom is -0.507 e. The number of alkyl halides is 3. The van der Waals surface area contributed by atoms with Gasteiger partial charge in [-0.05, 0) is 69.2 Å². The van der Waals surface area contributed by atoms with Crippen molar-refractivity contribution in [2.24, 2.45) is 0 Å². The number of benzene rings is 2. The third kappa shape index (κ3) is 5.31. The first kappa shape index (κ1) is 24.3. The van der Waals surface area contributed by atoms with Gasteiger partial charge in [0, 0.05) is 28.8 Å². The maximum Gasteiger partial charge on any atom is 0.416 e. The number of aromatic nitrogens is 2. The van der Waals surface area contributed by atoms with Crippen LogP contribution in [0.25, 0.3) is 11.3 Å². The Bertz CT molecular complexity index is 1260. The number of phenols is 1. The van der Waals surface area contributed by atoms with E-state index in [1.807, 2.05) is 13.8 Å². The maximum absolute atomic E-state index is 13.0. The van der Waals surface area contributed by atoms with E-state index in [9.17, 15) is 27.9 Å². The van der Waals surface area contributed by atoms with Crippen molar-refractivity contribution in [1.82, 2.24) is 15.1 Å². The molecular formula is C25H25F3N4O3. The van der Waals surface area contributed by atoms with E-state index in [1.165, 1.54) is 28.9 Å². The number of halogens is 3. The number of anilines is 1. The molecule has 3 N–H and O–H groups in total. The molecule has 3 aromatic rings. The minimum absolute atomic E-state index is 0.0906. The summed E-state index contributed by atoms with van der Waals surface area (Å²) in [6.45, 7) is 3.68. The Balaban J connectivity index is 1.63. The standard InChI is InChI=1S/C25H25F3N4O3/c1-14(2)29-24(35)32-21(15-5-3-6-15)13-20(31-32)19-12-18(9-10-22(19)33)30-23(34)16-7-4-8-17(11-16)25(26,27)28/h4,7-15,33H,3,5-6H2,1-2H3,(H,29,35)(H,30,34). The smallest absolute Gasteiger partial charge is 0.416 e. The molecule has 4 rings (SSSR count). The van der Waals surface area contributed by atoms with Crippen molar-refractivity contribution in [3.05, 3.63) is 65.4 Å². The predicted octanol–water partition coefficient (Wildman–Crippen LogP) is 5.76. The van der Waals surface area contributed by atoms with E-state index in [2.05, 4.69) is 15.7 Å². The summed E-state index contributed by atoms with van der Waals surface area (Å²) in [4.78, 5) is 25.3. The molecular weight excluding hydrogens is 461 g/mol. The largest absolute Gasteiger partial charge is 0.507 e. The summed E-state index contributed by atoms with van der Waals surface area (Å²) < 4.78 is 40.3. The molecule has 10 heteroatoms. The zero-order valence-electron chi connectivity index (χ0n) is 19.2. The second kappa shape index (κ2) is 9.44. The summed E-state index contributed by atoms with van der Waals surface area (Å²) in [5, 5.41) is 20.3. The van der Waals surface area contributed by atoms with Crippen LogP contribution in [0, 0.1) is 0 Å². The number of hydrogen-bond donors (Lipinski definition) is 3. The highest BCUT2D eigenvalue weighted by Crippen LogP contribution is 2.39. The summed E-state index contributed by atoms with van der Waals surface area (Å²) in [6.07, 6.45) is -1.65. The molecule has 1 fully saturated rings. The van der Waals surface area contributed by atoms with Crippen LogP contribution >= 0.6 is 0 Å². The lowest BCUT2D eigenvalue weighted by atomic mass is 9.82. The molecule has 2 aromatic carbocycles. The lowest BCUT2D eigenvalue weighted by Crippen LogP contribution is -2.36. The van der Waals surface area contributed by atoms with Gasteiger partial charge >= 0.3 is 12.2 Å². The van der Waals surface area contributed by atoms with Crippen LogP contribution < -0.4 is 10.6 Å². The van der Waals surface area contributed by atoms with Gasteiger partial charge < -0.3 is 15.7 Å². The number of amides is 2. The third-order valence-corrected chi connectivity index (χ3v) is 5.85. The average molecular weight is 486 g/mol. The van der Waals surface area contributed by atoms with E-state index in [1.54, 1.807) is 6.07 Å². The van der Waals surface area contributed by atoms with Crippen molar-refractivity contribution in [2.45, 2.75) is 51.2 Å². The normalized spacial score (nSPS) is 14.0. The van der Waals surface area contributed by atoms with Crippen LogP contribution in [0.3, 0.4) is 0 Å². The number of phenolic OH excluding ortho intramolecular Hbond substituents is 1. The average Bonchev–Trinajstić information content (AvgIpc) is 3.17. The number of hydrogen-bond acceptors (Lipinski definition) is 4. The zero-order valence-corrected chi connectivity index (χ0v) is 19.2. The van der Waals surface area contributed by atoms with Crippen molar-refractivity contribution < 1.29 is 27.9 Å². The predicted molar refractivity (Wildman–Crippen MR) is 124 cm³/mol. The number of nitrogens with one attached hydrogen (secondary N) is 2. The number of rotatable bonds is 5. The van der Waals surface area contributed by atoms with Gasteiger partial charge in [0.1, 0.15) is 5.75 Å². The SMILES string of the molecule is CC(C)NC(=O)n1nc(-c2cc(NC(=O)c3cccc(C(F)(F)F)c3)ccc2O)cc1C1CCC1. The van der Waals surface area contributed by atoms with Crippen molar-refractivity contribution in [1.29, 1.82) is 0 Å². The van der Waals surface area contributed by atoms with Crippen molar-refractivity contribution >= 4 is 17.6 Å². The van der Waals surface area contributed by atoms with Crippen molar-refractivity contribution in [2.75, 3.05) is 5.32 Å². The van der Waals surface area contributed by atoms with Crippen LogP contribution in [0.15, 0.2) is 48.5 Å². The lowest BCUT2D eigenvalue weighted by Gasteiger charge is -2.25. The molecule has 1 heterocycles. The summed E-state index contributed by atoms with van der Waals surface area (Å²) >= 11 is 0. The monoisotopic (exact) mass is 486 g/mol. The molecule has 0 aliphatic heterocycles. The fraction of sp³-hybridized carbons (Fsp3) is 0.320. The lowest BCUT2D eigenvalue weighted by molar-refractivity contribution is -0.137. The molecule has 0 spiro atoms. The summed E-state index contributed by atoms with van der Waals surface area (Å²) in [7, 11) is 0. The molecule has 1 saturated carbocycles. The van der Waals surface area contributed by atoms with Gasteiger partial charge in [-0.25, -0.2) is 4.79 Å². The van der Waals surface area contributed by atoms with Crippen LogP contribution in [0.4, 0.5) is 23.7 Å². The third-order valence-electron chi connectivity index (χ3n) is 5.85. The Morgan fingerprint density at radius 1 is 1.11 bits per heavy atom. The first-order valence-electron chi connectivity index (χ1n) is 11.3. The summed E-state index contributed by atoms with van der Waals surface area (Å²) in [5.74, 6) is -0.666. The van der Waals surface area contributed by atoms with Gasteiger partial charge in [0.25, 0.3) is 5.91 Å². The van der Waals surface area contributed by atoms with Gasteiger partial charge in [-0.2, -0.15) is 23.0 Å². The molecule has 35 heavy (non-hydrogen) atoms. The van der Waals surface area contributed by atoms with Gasteiger partial charge in [0.2, 0.25) is 0 Å².